The maximum atomic E-state index is 13.5. The number of anilines is 1. The second-order valence-electron chi connectivity index (χ2n) is 7.87. The number of aliphatic carboxylic acids is 1. The first-order valence-corrected chi connectivity index (χ1v) is 12.1. The van der Waals surface area contributed by atoms with E-state index < -0.39 is 24.5 Å². The number of thiocarbonyl (C=S) groups is 1. The van der Waals surface area contributed by atoms with Gasteiger partial charge in [0.1, 0.15) is 22.3 Å². The average Bonchev–Trinajstić information content (AvgIpc) is 3.08. The van der Waals surface area contributed by atoms with E-state index >= 15 is 0 Å². The molecule has 0 bridgehead atoms. The molecule has 13 heteroatoms. The molecule has 0 spiro atoms. The van der Waals surface area contributed by atoms with Gasteiger partial charge >= 0.3 is 12.1 Å². The minimum atomic E-state index is -1.19. The number of fused-ring (bicyclic) bond motifs is 1. The molecule has 2 aromatic heterocycles. The minimum Gasteiger partial charge on any atom is -0.480 e. The van der Waals surface area contributed by atoms with E-state index in [1.165, 1.54) is 10.5 Å². The molecule has 0 aliphatic carbocycles. The van der Waals surface area contributed by atoms with Crippen LogP contribution in [-0.2, 0) is 14.3 Å². The van der Waals surface area contributed by atoms with E-state index in [9.17, 15) is 19.2 Å². The number of hydrogen-bond acceptors (Lipinski definition) is 9. The Kier molecular flexibility index (Phi) is 7.08. The maximum Gasteiger partial charge on any atom is 0.409 e. The largest absolute Gasteiger partial charge is 0.480 e. The molecular formula is C22H23N5O6S2. The van der Waals surface area contributed by atoms with Crippen molar-refractivity contribution in [3.63, 3.8) is 0 Å². The summed E-state index contributed by atoms with van der Waals surface area (Å²) >= 11 is 6.12. The summed E-state index contributed by atoms with van der Waals surface area (Å²) in [5.74, 6) is -1.38. The Balaban J connectivity index is 1.76. The Morgan fingerprint density at radius 1 is 1.26 bits per heavy atom. The number of thioether (sulfide) groups is 1. The average molecular weight is 518 g/mol. The molecule has 2 aliphatic rings. The Morgan fingerprint density at radius 2 is 1.97 bits per heavy atom. The molecular weight excluding hydrogens is 494 g/mol. The van der Waals surface area contributed by atoms with Crippen LogP contribution in [0.15, 0.2) is 28.0 Å². The molecule has 0 saturated carbocycles. The second-order valence-corrected chi connectivity index (χ2v) is 9.55. The van der Waals surface area contributed by atoms with Crippen molar-refractivity contribution in [3.8, 4) is 0 Å². The third kappa shape index (κ3) is 4.86. The number of carbonyl (C=O) groups excluding carboxylic acids is 2. The van der Waals surface area contributed by atoms with E-state index in [1.807, 2.05) is 17.9 Å². The van der Waals surface area contributed by atoms with Gasteiger partial charge in [0.25, 0.3) is 11.5 Å². The van der Waals surface area contributed by atoms with Gasteiger partial charge < -0.3 is 19.6 Å². The van der Waals surface area contributed by atoms with Crippen molar-refractivity contribution < 1.29 is 24.2 Å². The molecule has 0 radical (unpaired) electrons. The molecule has 4 heterocycles. The smallest absolute Gasteiger partial charge is 0.409 e. The molecule has 35 heavy (non-hydrogen) atoms. The van der Waals surface area contributed by atoms with Gasteiger partial charge in [-0.25, -0.2) is 9.78 Å². The molecule has 0 atom stereocenters. The first kappa shape index (κ1) is 24.7. The maximum absolute atomic E-state index is 13.5. The van der Waals surface area contributed by atoms with Crippen LogP contribution in [0.3, 0.4) is 0 Å². The number of nitrogens with zero attached hydrogens (tertiary/aromatic N) is 5. The predicted octanol–water partition coefficient (Wildman–Crippen LogP) is 1.57. The summed E-state index contributed by atoms with van der Waals surface area (Å²) in [6, 6.07) is 3.58. The van der Waals surface area contributed by atoms with Crippen LogP contribution in [-0.4, -0.2) is 85.9 Å². The van der Waals surface area contributed by atoms with E-state index in [0.717, 1.165) is 22.2 Å². The van der Waals surface area contributed by atoms with E-state index in [4.69, 9.17) is 27.0 Å². The molecule has 2 aromatic rings. The molecule has 2 amide bonds. The fraction of sp³-hybridized carbons (Fsp3) is 0.364. The topological polar surface area (TPSA) is 125 Å². The van der Waals surface area contributed by atoms with Gasteiger partial charge in [-0.1, -0.05) is 30.0 Å². The third-order valence-corrected chi connectivity index (χ3v) is 6.99. The van der Waals surface area contributed by atoms with Crippen molar-refractivity contribution in [2.24, 2.45) is 0 Å². The number of piperazine rings is 1. The first-order chi connectivity index (χ1) is 16.7. The lowest BCUT2D eigenvalue weighted by atomic mass is 10.2. The number of amides is 2. The molecule has 0 unspecified atom stereocenters. The Labute approximate surface area is 210 Å². The fourth-order valence-corrected chi connectivity index (χ4v) is 5.12. The number of ether oxygens (including phenoxy) is 1. The summed E-state index contributed by atoms with van der Waals surface area (Å²) in [6.07, 6.45) is 2.64. The molecule has 2 saturated heterocycles. The number of rotatable bonds is 5. The van der Waals surface area contributed by atoms with E-state index in [0.29, 0.717) is 37.6 Å². The number of carboxylic acid groups (broad SMARTS) is 1. The fourth-order valence-electron chi connectivity index (χ4n) is 3.89. The second kappa shape index (κ2) is 10.0. The lowest BCUT2D eigenvalue weighted by Gasteiger charge is -2.35. The highest BCUT2D eigenvalue weighted by Gasteiger charge is 2.34. The summed E-state index contributed by atoms with van der Waals surface area (Å²) in [7, 11) is 0. The van der Waals surface area contributed by atoms with E-state index in [1.54, 1.807) is 24.1 Å². The quantitative estimate of drug-likeness (QED) is 0.461. The standard InChI is InChI=1S/C22H23N5O6S2/c1-3-33-21(32)25-9-7-24(8-10-25)18-14(19(30)26-6-4-5-13(2)17(26)23-18)11-15-20(31)27(12-16(28)29)22(34)35-15/h4-6,11H,3,7-10,12H2,1-2H3,(H,28,29)/b15-11+. The molecule has 4 rings (SSSR count). The van der Waals surface area contributed by atoms with Crippen LogP contribution in [0, 0.1) is 6.92 Å². The van der Waals surface area contributed by atoms with Crippen LogP contribution in [0.4, 0.5) is 10.6 Å². The first-order valence-electron chi connectivity index (χ1n) is 10.9. The van der Waals surface area contributed by atoms with Crippen LogP contribution in [0.1, 0.15) is 18.1 Å². The SMILES string of the molecule is CCOC(=O)N1CCN(c2nc3c(C)cccn3c(=O)c2/C=C2/SC(=S)N(CC(=O)O)C2=O)CC1. The molecule has 1 N–H and O–H groups in total. The number of carbonyl (C=O) groups is 3. The summed E-state index contributed by atoms with van der Waals surface area (Å²) in [6.45, 7) is 4.91. The number of hydrogen-bond donors (Lipinski definition) is 1. The molecule has 184 valence electrons. The van der Waals surface area contributed by atoms with Crippen LogP contribution in [0.25, 0.3) is 11.7 Å². The Morgan fingerprint density at radius 3 is 2.63 bits per heavy atom. The zero-order valence-electron chi connectivity index (χ0n) is 19.1. The predicted molar refractivity (Wildman–Crippen MR) is 135 cm³/mol. The van der Waals surface area contributed by atoms with Gasteiger partial charge in [-0.3, -0.25) is 23.7 Å². The van der Waals surface area contributed by atoms with Crippen molar-refractivity contribution >= 4 is 63.8 Å². The number of pyridine rings is 1. The van der Waals surface area contributed by atoms with Crippen molar-refractivity contribution in [2.45, 2.75) is 13.8 Å². The zero-order valence-corrected chi connectivity index (χ0v) is 20.7. The summed E-state index contributed by atoms with van der Waals surface area (Å²) in [5.41, 5.74) is 1.10. The summed E-state index contributed by atoms with van der Waals surface area (Å²) < 4.78 is 6.60. The highest BCUT2D eigenvalue weighted by atomic mass is 32.2. The van der Waals surface area contributed by atoms with E-state index in [2.05, 4.69) is 0 Å². The monoisotopic (exact) mass is 517 g/mol. The van der Waals surface area contributed by atoms with Gasteiger partial charge in [0, 0.05) is 32.4 Å². The Hall–Kier alpha value is -3.45. The van der Waals surface area contributed by atoms with Crippen LogP contribution in [0.5, 0.6) is 0 Å². The van der Waals surface area contributed by atoms with Gasteiger partial charge in [0.05, 0.1) is 17.1 Å². The summed E-state index contributed by atoms with van der Waals surface area (Å²) in [4.78, 5) is 59.0. The van der Waals surface area contributed by atoms with Crippen LogP contribution < -0.4 is 10.5 Å². The number of carboxylic acids is 1. The van der Waals surface area contributed by atoms with Gasteiger partial charge in [-0.05, 0) is 31.6 Å². The molecule has 2 fully saturated rings. The number of aryl methyl sites for hydroxylation is 1. The van der Waals surface area contributed by atoms with Gasteiger partial charge in [-0.15, -0.1) is 0 Å². The van der Waals surface area contributed by atoms with Gasteiger partial charge in [0.15, 0.2) is 0 Å². The molecule has 11 nitrogen and oxygen atoms in total. The van der Waals surface area contributed by atoms with E-state index in [-0.39, 0.29) is 27.0 Å². The number of aromatic nitrogens is 2. The van der Waals surface area contributed by atoms with Crippen LogP contribution in [0.2, 0.25) is 0 Å². The zero-order chi connectivity index (χ0) is 25.3. The normalized spacial score (nSPS) is 17.5. The highest BCUT2D eigenvalue weighted by molar-refractivity contribution is 8.26. The minimum absolute atomic E-state index is 0.109. The summed E-state index contributed by atoms with van der Waals surface area (Å²) in [5, 5.41) is 9.09. The Bertz CT molecular complexity index is 1320. The molecule has 0 aromatic carbocycles. The van der Waals surface area contributed by atoms with Crippen molar-refractivity contribution in [1.82, 2.24) is 19.2 Å². The highest BCUT2D eigenvalue weighted by Crippen LogP contribution is 2.33. The van der Waals surface area contributed by atoms with Crippen LogP contribution >= 0.6 is 24.0 Å². The van der Waals surface area contributed by atoms with Gasteiger partial charge in [0.2, 0.25) is 0 Å². The van der Waals surface area contributed by atoms with Crippen molar-refractivity contribution in [1.29, 1.82) is 0 Å². The lowest BCUT2D eigenvalue weighted by molar-refractivity contribution is -0.140. The van der Waals surface area contributed by atoms with Crippen molar-refractivity contribution in [3.05, 3.63) is 44.7 Å². The van der Waals surface area contributed by atoms with Crippen molar-refractivity contribution in [2.75, 3.05) is 44.2 Å². The third-order valence-electron chi connectivity index (χ3n) is 5.61. The van der Waals surface area contributed by atoms with Gasteiger partial charge in [-0.2, -0.15) is 0 Å². The molecule has 2 aliphatic heterocycles. The lowest BCUT2D eigenvalue weighted by Crippen LogP contribution is -2.49.